The Labute approximate surface area is 105 Å². The van der Waals surface area contributed by atoms with Crippen LogP contribution in [0.4, 0.5) is 0 Å². The van der Waals surface area contributed by atoms with Crippen LogP contribution in [-0.4, -0.2) is 19.8 Å². The Kier molecular flexibility index (Phi) is 2.37. The lowest BCUT2D eigenvalue weighted by Gasteiger charge is -2.04. The van der Waals surface area contributed by atoms with Gasteiger partial charge in [-0.05, 0) is 38.0 Å². The number of nitrogens with zero attached hydrogens (tertiary/aromatic N) is 4. The maximum Gasteiger partial charge on any atom is 0.185 e. The Morgan fingerprint density at radius 3 is 2.56 bits per heavy atom. The number of aryl methyl sites for hydroxylation is 3. The van der Waals surface area contributed by atoms with E-state index in [4.69, 9.17) is 0 Å². The summed E-state index contributed by atoms with van der Waals surface area (Å²) in [5.74, 6) is 0.797. The van der Waals surface area contributed by atoms with Crippen LogP contribution in [0.1, 0.15) is 16.7 Å². The highest BCUT2D eigenvalue weighted by Gasteiger charge is 2.12. The predicted molar refractivity (Wildman–Crippen MR) is 70.4 cm³/mol. The monoisotopic (exact) mass is 238 g/mol. The van der Waals surface area contributed by atoms with Crippen molar-refractivity contribution in [1.29, 1.82) is 0 Å². The fraction of sp³-hybridized carbons (Fsp3) is 0.214. The molecule has 2 heterocycles. The summed E-state index contributed by atoms with van der Waals surface area (Å²) in [6.07, 6.45) is 1.78. The maximum atomic E-state index is 4.33. The van der Waals surface area contributed by atoms with Gasteiger partial charge in [0.2, 0.25) is 0 Å². The Morgan fingerprint density at radius 2 is 1.78 bits per heavy atom. The molecule has 3 aromatic rings. The van der Waals surface area contributed by atoms with Crippen molar-refractivity contribution < 1.29 is 0 Å². The van der Waals surface area contributed by atoms with Gasteiger partial charge in [0.05, 0.1) is 0 Å². The van der Waals surface area contributed by atoms with Crippen LogP contribution < -0.4 is 0 Å². The summed E-state index contributed by atoms with van der Waals surface area (Å²) in [6, 6.07) is 8.24. The number of fused-ring (bicyclic) bond motifs is 1. The first-order valence-corrected chi connectivity index (χ1v) is 5.91. The molecule has 0 aliphatic carbocycles. The summed E-state index contributed by atoms with van der Waals surface area (Å²) in [5, 5.41) is 12.8. The molecule has 0 amide bonds. The lowest BCUT2D eigenvalue weighted by molar-refractivity contribution is 0.927. The molecule has 0 spiro atoms. The van der Waals surface area contributed by atoms with Gasteiger partial charge in [-0.2, -0.15) is 9.61 Å². The van der Waals surface area contributed by atoms with Crippen LogP contribution in [0.5, 0.6) is 0 Å². The number of hydrogen-bond acceptors (Lipinski definition) is 3. The van der Waals surface area contributed by atoms with Crippen LogP contribution >= 0.6 is 0 Å². The fourth-order valence-corrected chi connectivity index (χ4v) is 2.15. The summed E-state index contributed by atoms with van der Waals surface area (Å²) in [4.78, 5) is 0. The molecule has 0 unspecified atom stereocenters. The fourth-order valence-electron chi connectivity index (χ4n) is 2.15. The van der Waals surface area contributed by atoms with Gasteiger partial charge in [-0.3, -0.25) is 0 Å². The topological polar surface area (TPSA) is 43.1 Å². The molecule has 1 aromatic carbocycles. The van der Waals surface area contributed by atoms with Gasteiger partial charge in [-0.15, -0.1) is 10.2 Å². The van der Waals surface area contributed by atoms with E-state index in [-0.39, 0.29) is 0 Å². The molecule has 0 N–H and O–H groups in total. The van der Waals surface area contributed by atoms with Crippen molar-refractivity contribution in [3.63, 3.8) is 0 Å². The molecule has 18 heavy (non-hydrogen) atoms. The van der Waals surface area contributed by atoms with Crippen LogP contribution in [0.25, 0.3) is 17.0 Å². The van der Waals surface area contributed by atoms with Crippen LogP contribution in [0, 0.1) is 20.8 Å². The highest BCUT2D eigenvalue weighted by atomic mass is 15.4. The van der Waals surface area contributed by atoms with Crippen molar-refractivity contribution in [2.24, 2.45) is 0 Å². The summed E-state index contributed by atoms with van der Waals surface area (Å²) in [6.45, 7) is 6.18. The van der Waals surface area contributed by atoms with Crippen LogP contribution in [0.15, 0.2) is 30.5 Å². The van der Waals surface area contributed by atoms with Gasteiger partial charge in [-0.25, -0.2) is 0 Å². The molecule has 0 fully saturated rings. The largest absolute Gasteiger partial charge is 0.193 e. The van der Waals surface area contributed by atoms with E-state index in [1.165, 1.54) is 11.1 Å². The van der Waals surface area contributed by atoms with E-state index in [2.05, 4.69) is 47.3 Å². The first kappa shape index (κ1) is 10.9. The molecule has 0 atom stereocenters. The van der Waals surface area contributed by atoms with Crippen LogP contribution in [0.2, 0.25) is 0 Å². The molecule has 0 saturated heterocycles. The predicted octanol–water partition coefficient (Wildman–Crippen LogP) is 2.72. The number of hydrogen-bond donors (Lipinski definition) is 0. The van der Waals surface area contributed by atoms with Crippen molar-refractivity contribution in [3.05, 3.63) is 47.2 Å². The van der Waals surface area contributed by atoms with Crippen molar-refractivity contribution in [2.45, 2.75) is 20.8 Å². The van der Waals surface area contributed by atoms with E-state index in [1.807, 2.05) is 13.0 Å². The number of aromatic nitrogens is 4. The van der Waals surface area contributed by atoms with E-state index in [1.54, 1.807) is 10.7 Å². The molecule has 4 nitrogen and oxygen atoms in total. The lowest BCUT2D eigenvalue weighted by atomic mass is 10.1. The van der Waals surface area contributed by atoms with E-state index in [9.17, 15) is 0 Å². The van der Waals surface area contributed by atoms with E-state index < -0.39 is 0 Å². The molecular formula is C14H14N4. The summed E-state index contributed by atoms with van der Waals surface area (Å²) in [7, 11) is 0. The molecule has 4 heteroatoms. The SMILES string of the molecule is Cc1ccc(-c2nnc3c(C)ccnn23)c(C)c1. The molecule has 90 valence electrons. The average Bonchev–Trinajstić information content (AvgIpc) is 2.74. The molecule has 0 saturated carbocycles. The standard InChI is InChI=1S/C14H14N4/c1-9-4-5-12(11(3)8-9)14-17-16-13-10(2)6-7-15-18(13)14/h4-8H,1-3H3. The minimum Gasteiger partial charge on any atom is -0.193 e. The van der Waals surface area contributed by atoms with Gasteiger partial charge in [0.1, 0.15) is 0 Å². The van der Waals surface area contributed by atoms with Crippen molar-refractivity contribution in [1.82, 2.24) is 19.8 Å². The second kappa shape index (κ2) is 3.91. The zero-order valence-corrected chi connectivity index (χ0v) is 10.7. The normalized spacial score (nSPS) is 11.1. The summed E-state index contributed by atoms with van der Waals surface area (Å²) in [5.41, 5.74) is 5.40. The van der Waals surface area contributed by atoms with Crippen molar-refractivity contribution in [3.8, 4) is 11.4 Å². The third-order valence-corrected chi connectivity index (χ3v) is 3.12. The van der Waals surface area contributed by atoms with Gasteiger partial charge < -0.3 is 0 Å². The molecule has 0 bridgehead atoms. The first-order chi connectivity index (χ1) is 8.66. The second-order valence-electron chi connectivity index (χ2n) is 4.59. The Bertz CT molecular complexity index is 728. The van der Waals surface area contributed by atoms with E-state index >= 15 is 0 Å². The smallest absolute Gasteiger partial charge is 0.185 e. The van der Waals surface area contributed by atoms with Gasteiger partial charge >= 0.3 is 0 Å². The third-order valence-electron chi connectivity index (χ3n) is 3.12. The van der Waals surface area contributed by atoms with Gasteiger partial charge in [0.15, 0.2) is 11.5 Å². The molecule has 0 aliphatic heterocycles. The Hall–Kier alpha value is -2.23. The molecular weight excluding hydrogens is 224 g/mol. The highest BCUT2D eigenvalue weighted by molar-refractivity contribution is 5.64. The summed E-state index contributed by atoms with van der Waals surface area (Å²) >= 11 is 0. The number of rotatable bonds is 1. The molecule has 0 radical (unpaired) electrons. The Balaban J connectivity index is 2.29. The first-order valence-electron chi connectivity index (χ1n) is 5.91. The lowest BCUT2D eigenvalue weighted by Crippen LogP contribution is -1.97. The van der Waals surface area contributed by atoms with Crippen molar-refractivity contribution >= 4 is 5.65 Å². The van der Waals surface area contributed by atoms with Gasteiger partial charge in [0.25, 0.3) is 0 Å². The van der Waals surface area contributed by atoms with E-state index in [0.717, 1.165) is 22.6 Å². The second-order valence-corrected chi connectivity index (χ2v) is 4.59. The average molecular weight is 238 g/mol. The minimum absolute atomic E-state index is 0.797. The zero-order valence-electron chi connectivity index (χ0n) is 10.7. The van der Waals surface area contributed by atoms with Crippen molar-refractivity contribution in [2.75, 3.05) is 0 Å². The van der Waals surface area contributed by atoms with Gasteiger partial charge in [0, 0.05) is 11.8 Å². The zero-order chi connectivity index (χ0) is 12.7. The van der Waals surface area contributed by atoms with Gasteiger partial charge in [-0.1, -0.05) is 23.8 Å². The maximum absolute atomic E-state index is 4.33. The number of benzene rings is 1. The van der Waals surface area contributed by atoms with E-state index in [0.29, 0.717) is 0 Å². The van der Waals surface area contributed by atoms with Crippen LogP contribution in [-0.2, 0) is 0 Å². The summed E-state index contributed by atoms with van der Waals surface area (Å²) < 4.78 is 1.80. The molecule has 0 aliphatic rings. The quantitative estimate of drug-likeness (QED) is 0.654. The minimum atomic E-state index is 0.797. The Morgan fingerprint density at radius 1 is 0.944 bits per heavy atom. The molecule has 2 aromatic heterocycles. The highest BCUT2D eigenvalue weighted by Crippen LogP contribution is 2.23. The third kappa shape index (κ3) is 1.57. The van der Waals surface area contributed by atoms with Crippen LogP contribution in [0.3, 0.4) is 0 Å². The molecule has 3 rings (SSSR count).